The van der Waals surface area contributed by atoms with E-state index in [1.54, 1.807) is 19.1 Å². The Hall–Kier alpha value is -2.08. The highest BCUT2D eigenvalue weighted by atomic mass is 16.4. The molecule has 0 aliphatic rings. The number of carboxylic acid groups (broad SMARTS) is 1. The molecule has 0 atom stereocenters. The second kappa shape index (κ2) is 6.91. The number of carboxylic acids is 1. The van der Waals surface area contributed by atoms with Crippen molar-refractivity contribution in [2.45, 2.75) is 26.8 Å². The molecule has 0 aromatic heterocycles. The van der Waals surface area contributed by atoms with Crippen LogP contribution in [0.5, 0.6) is 0 Å². The average molecular weight is 280 g/mol. The van der Waals surface area contributed by atoms with E-state index in [9.17, 15) is 9.59 Å². The Labute approximate surface area is 118 Å². The molecular formula is C14H20N2O4. The number of nitrogens with zero attached hydrogens (tertiary/aromatic N) is 1. The largest absolute Gasteiger partial charge is 0.478 e. The Morgan fingerprint density at radius 3 is 2.45 bits per heavy atom. The van der Waals surface area contributed by atoms with Crippen LogP contribution in [0.25, 0.3) is 0 Å². The number of aliphatic hydroxyl groups excluding tert-OH is 1. The number of rotatable bonds is 5. The summed E-state index contributed by atoms with van der Waals surface area (Å²) in [6.07, 6.45) is 0. The lowest BCUT2D eigenvalue weighted by Gasteiger charge is -2.26. The topological polar surface area (TPSA) is 89.9 Å². The molecule has 6 heteroatoms. The summed E-state index contributed by atoms with van der Waals surface area (Å²) < 4.78 is 0. The lowest BCUT2D eigenvalue weighted by atomic mass is 10.1. The van der Waals surface area contributed by atoms with Crippen LogP contribution in [0.1, 0.15) is 29.8 Å². The minimum atomic E-state index is -0.996. The molecule has 1 rings (SSSR count). The second-order valence-corrected chi connectivity index (χ2v) is 4.78. The summed E-state index contributed by atoms with van der Waals surface area (Å²) in [5.74, 6) is -0.996. The number of aliphatic hydroxyl groups is 1. The van der Waals surface area contributed by atoms with Crippen molar-refractivity contribution in [2.75, 3.05) is 18.5 Å². The van der Waals surface area contributed by atoms with Gasteiger partial charge in [0, 0.05) is 18.3 Å². The molecule has 0 bridgehead atoms. The summed E-state index contributed by atoms with van der Waals surface area (Å²) in [6.45, 7) is 5.52. The summed E-state index contributed by atoms with van der Waals surface area (Å²) in [6, 6.07) is 4.25. The molecule has 110 valence electrons. The van der Waals surface area contributed by atoms with Crippen LogP contribution in [0.15, 0.2) is 18.2 Å². The summed E-state index contributed by atoms with van der Waals surface area (Å²) in [7, 11) is 0. The fourth-order valence-corrected chi connectivity index (χ4v) is 1.88. The number of nitrogens with one attached hydrogen (secondary N) is 1. The van der Waals surface area contributed by atoms with Gasteiger partial charge in [-0.2, -0.15) is 0 Å². The van der Waals surface area contributed by atoms with Crippen molar-refractivity contribution in [3.8, 4) is 0 Å². The maximum Gasteiger partial charge on any atom is 0.335 e. The molecule has 0 spiro atoms. The number of hydrogen-bond acceptors (Lipinski definition) is 3. The van der Waals surface area contributed by atoms with Gasteiger partial charge in [0.1, 0.15) is 0 Å². The van der Waals surface area contributed by atoms with Crippen molar-refractivity contribution in [2.24, 2.45) is 0 Å². The number of anilines is 1. The predicted molar refractivity (Wildman–Crippen MR) is 76.1 cm³/mol. The Kier molecular flexibility index (Phi) is 5.52. The first-order chi connectivity index (χ1) is 9.36. The Morgan fingerprint density at radius 2 is 2.00 bits per heavy atom. The van der Waals surface area contributed by atoms with Crippen LogP contribution in [-0.2, 0) is 0 Å². The van der Waals surface area contributed by atoms with Gasteiger partial charge < -0.3 is 20.4 Å². The van der Waals surface area contributed by atoms with Crippen molar-refractivity contribution in [3.63, 3.8) is 0 Å². The highest BCUT2D eigenvalue weighted by Gasteiger charge is 2.17. The van der Waals surface area contributed by atoms with Gasteiger partial charge in [-0.3, -0.25) is 0 Å². The van der Waals surface area contributed by atoms with Gasteiger partial charge >= 0.3 is 12.0 Å². The first kappa shape index (κ1) is 16.0. The molecule has 0 fully saturated rings. The van der Waals surface area contributed by atoms with Crippen molar-refractivity contribution in [1.82, 2.24) is 4.90 Å². The molecule has 0 aliphatic carbocycles. The van der Waals surface area contributed by atoms with E-state index in [1.165, 1.54) is 11.0 Å². The van der Waals surface area contributed by atoms with Crippen LogP contribution in [0.2, 0.25) is 0 Å². The second-order valence-electron chi connectivity index (χ2n) is 4.78. The van der Waals surface area contributed by atoms with Gasteiger partial charge in [0.05, 0.1) is 12.2 Å². The molecule has 3 N–H and O–H groups in total. The van der Waals surface area contributed by atoms with E-state index >= 15 is 0 Å². The molecule has 6 nitrogen and oxygen atoms in total. The number of hydrogen-bond donors (Lipinski definition) is 3. The molecule has 1 aromatic carbocycles. The SMILES string of the molecule is Cc1cc(NC(=O)N(CCO)C(C)C)ccc1C(=O)O. The lowest BCUT2D eigenvalue weighted by molar-refractivity contribution is 0.0696. The number of benzene rings is 1. The Bertz CT molecular complexity index is 500. The van der Waals surface area contributed by atoms with Crippen LogP contribution < -0.4 is 5.32 Å². The van der Waals surface area contributed by atoms with Crippen LogP contribution in [0.3, 0.4) is 0 Å². The van der Waals surface area contributed by atoms with Crippen LogP contribution in [0, 0.1) is 6.92 Å². The van der Waals surface area contributed by atoms with Crippen molar-refractivity contribution in [3.05, 3.63) is 29.3 Å². The van der Waals surface area contributed by atoms with E-state index in [0.29, 0.717) is 11.3 Å². The summed E-state index contributed by atoms with van der Waals surface area (Å²) in [5, 5.41) is 20.6. The molecule has 0 radical (unpaired) electrons. The van der Waals surface area contributed by atoms with E-state index < -0.39 is 5.97 Å². The molecule has 0 saturated carbocycles. The quantitative estimate of drug-likeness (QED) is 0.768. The van der Waals surface area contributed by atoms with E-state index in [-0.39, 0.29) is 30.8 Å². The fourth-order valence-electron chi connectivity index (χ4n) is 1.88. The molecule has 0 saturated heterocycles. The van der Waals surface area contributed by atoms with Gasteiger partial charge in [0.2, 0.25) is 0 Å². The van der Waals surface area contributed by atoms with Gasteiger partial charge in [0.15, 0.2) is 0 Å². The standard InChI is InChI=1S/C14H20N2O4/c1-9(2)16(6-7-17)14(20)15-11-4-5-12(13(18)19)10(3)8-11/h4-5,8-9,17H,6-7H2,1-3H3,(H,15,20)(H,18,19). The van der Waals surface area contributed by atoms with E-state index in [4.69, 9.17) is 10.2 Å². The Balaban J connectivity index is 2.85. The average Bonchev–Trinajstić information content (AvgIpc) is 2.34. The number of carbonyl (C=O) groups excluding carboxylic acids is 1. The van der Waals surface area contributed by atoms with Gasteiger partial charge in [0.25, 0.3) is 0 Å². The smallest absolute Gasteiger partial charge is 0.335 e. The fraction of sp³-hybridized carbons (Fsp3) is 0.429. The molecule has 0 unspecified atom stereocenters. The third-order valence-electron chi connectivity index (χ3n) is 2.93. The Morgan fingerprint density at radius 1 is 1.35 bits per heavy atom. The maximum atomic E-state index is 12.1. The summed E-state index contributed by atoms with van der Waals surface area (Å²) >= 11 is 0. The third kappa shape index (κ3) is 3.96. The number of aryl methyl sites for hydroxylation is 1. The molecule has 1 aromatic rings. The zero-order valence-corrected chi connectivity index (χ0v) is 11.9. The third-order valence-corrected chi connectivity index (χ3v) is 2.93. The van der Waals surface area contributed by atoms with Crippen molar-refractivity contribution < 1.29 is 19.8 Å². The molecule has 0 aliphatic heterocycles. The zero-order valence-electron chi connectivity index (χ0n) is 11.9. The summed E-state index contributed by atoms with van der Waals surface area (Å²) in [4.78, 5) is 24.5. The van der Waals surface area contributed by atoms with Gasteiger partial charge in [-0.15, -0.1) is 0 Å². The van der Waals surface area contributed by atoms with E-state index in [2.05, 4.69) is 5.32 Å². The predicted octanol–water partition coefficient (Wildman–Crippen LogP) is 1.93. The number of amides is 2. The molecule has 2 amide bonds. The van der Waals surface area contributed by atoms with E-state index in [0.717, 1.165) is 0 Å². The highest BCUT2D eigenvalue weighted by Crippen LogP contribution is 2.16. The number of urea groups is 1. The van der Waals surface area contributed by atoms with Gasteiger partial charge in [-0.05, 0) is 44.5 Å². The van der Waals surface area contributed by atoms with Crippen LogP contribution in [-0.4, -0.2) is 46.3 Å². The number of aromatic carboxylic acids is 1. The van der Waals surface area contributed by atoms with Gasteiger partial charge in [-0.1, -0.05) is 0 Å². The minimum absolute atomic E-state index is 0.0402. The number of carbonyl (C=O) groups is 2. The lowest BCUT2D eigenvalue weighted by Crippen LogP contribution is -2.41. The van der Waals surface area contributed by atoms with Crippen LogP contribution >= 0.6 is 0 Å². The monoisotopic (exact) mass is 280 g/mol. The first-order valence-corrected chi connectivity index (χ1v) is 6.39. The molecule has 20 heavy (non-hydrogen) atoms. The molecular weight excluding hydrogens is 260 g/mol. The maximum absolute atomic E-state index is 12.1. The summed E-state index contributed by atoms with van der Waals surface area (Å²) in [5.41, 5.74) is 1.31. The van der Waals surface area contributed by atoms with Crippen molar-refractivity contribution in [1.29, 1.82) is 0 Å². The zero-order chi connectivity index (χ0) is 15.3. The molecule has 0 heterocycles. The van der Waals surface area contributed by atoms with Crippen molar-refractivity contribution >= 4 is 17.7 Å². The minimum Gasteiger partial charge on any atom is -0.478 e. The van der Waals surface area contributed by atoms with Crippen LogP contribution in [0.4, 0.5) is 10.5 Å². The normalized spacial score (nSPS) is 10.4. The van der Waals surface area contributed by atoms with Gasteiger partial charge in [-0.25, -0.2) is 9.59 Å². The van der Waals surface area contributed by atoms with E-state index in [1.807, 2.05) is 13.8 Å². The first-order valence-electron chi connectivity index (χ1n) is 6.39. The highest BCUT2D eigenvalue weighted by molar-refractivity contribution is 5.92.